The number of amides is 1. The van der Waals surface area contributed by atoms with Crippen LogP contribution in [0.3, 0.4) is 0 Å². The minimum atomic E-state index is -3.12. The molecule has 0 aliphatic carbocycles. The Morgan fingerprint density at radius 2 is 2.03 bits per heavy atom. The van der Waals surface area contributed by atoms with Crippen LogP contribution in [0.1, 0.15) is 28.5 Å². The first-order valence-corrected chi connectivity index (χ1v) is 12.7. The van der Waals surface area contributed by atoms with Gasteiger partial charge < -0.3 is 5.32 Å². The molecule has 10 heteroatoms. The number of thiophene rings is 1. The van der Waals surface area contributed by atoms with E-state index in [1.54, 1.807) is 17.7 Å². The molecule has 0 saturated carbocycles. The van der Waals surface area contributed by atoms with Gasteiger partial charge in [0.2, 0.25) is 0 Å². The zero-order valence-electron chi connectivity index (χ0n) is 17.1. The number of carbonyl (C=O) groups is 1. The number of halogens is 1. The molecule has 1 N–H and O–H groups in total. The molecule has 0 bridgehead atoms. The summed E-state index contributed by atoms with van der Waals surface area (Å²) in [4.78, 5) is 18.9. The van der Waals surface area contributed by atoms with Crippen molar-refractivity contribution in [3.63, 3.8) is 0 Å². The molecule has 1 fully saturated rings. The maximum Gasteiger partial charge on any atom is 0.256 e. The Bertz CT molecular complexity index is 1430. The van der Waals surface area contributed by atoms with Crippen molar-refractivity contribution in [2.75, 3.05) is 16.8 Å². The summed E-state index contributed by atoms with van der Waals surface area (Å²) >= 11 is 1.49. The van der Waals surface area contributed by atoms with Gasteiger partial charge in [-0.05, 0) is 55.1 Å². The predicted octanol–water partition coefficient (Wildman–Crippen LogP) is 4.22. The van der Waals surface area contributed by atoms with Gasteiger partial charge in [-0.2, -0.15) is 5.10 Å². The maximum absolute atomic E-state index is 13.3. The first kappa shape index (κ1) is 20.8. The highest BCUT2D eigenvalue weighted by molar-refractivity contribution is 7.91. The first-order chi connectivity index (χ1) is 15.3. The number of anilines is 1. The molecule has 0 spiro atoms. The summed E-state index contributed by atoms with van der Waals surface area (Å²) in [5.74, 6) is -0.646. The van der Waals surface area contributed by atoms with Gasteiger partial charge >= 0.3 is 0 Å². The van der Waals surface area contributed by atoms with Crippen LogP contribution in [0.25, 0.3) is 21.6 Å². The summed E-state index contributed by atoms with van der Waals surface area (Å²) < 4.78 is 39.0. The van der Waals surface area contributed by atoms with Crippen LogP contribution in [-0.2, 0) is 9.84 Å². The largest absolute Gasteiger partial charge is 0.322 e. The number of fused-ring (bicyclic) bond motifs is 1. The highest BCUT2D eigenvalue weighted by Gasteiger charge is 2.32. The van der Waals surface area contributed by atoms with E-state index in [2.05, 4.69) is 10.4 Å². The summed E-state index contributed by atoms with van der Waals surface area (Å²) in [7, 11) is -3.12. The van der Waals surface area contributed by atoms with Crippen molar-refractivity contribution in [3.05, 3.63) is 64.9 Å². The lowest BCUT2D eigenvalue weighted by molar-refractivity contribution is 0.102. The minimum absolute atomic E-state index is 0.00520. The average Bonchev–Trinajstić information content (AvgIpc) is 3.48. The minimum Gasteiger partial charge on any atom is -0.322 e. The molecule has 1 aliphatic rings. The molecule has 4 heterocycles. The lowest BCUT2D eigenvalue weighted by Crippen LogP contribution is -2.15. The second-order valence-electron chi connectivity index (χ2n) is 7.78. The summed E-state index contributed by atoms with van der Waals surface area (Å²) in [5, 5.41) is 9.89. The van der Waals surface area contributed by atoms with E-state index in [9.17, 15) is 17.6 Å². The normalized spacial score (nSPS) is 17.6. The van der Waals surface area contributed by atoms with E-state index in [4.69, 9.17) is 4.98 Å². The number of pyridine rings is 1. The molecule has 0 radical (unpaired) electrons. The lowest BCUT2D eigenvalue weighted by atomic mass is 10.1. The number of nitrogens with zero attached hydrogens (tertiary/aromatic N) is 3. The Morgan fingerprint density at radius 1 is 1.25 bits per heavy atom. The Labute approximate surface area is 187 Å². The molecule has 164 valence electrons. The van der Waals surface area contributed by atoms with E-state index in [0.717, 1.165) is 4.88 Å². The number of aromatic nitrogens is 3. The van der Waals surface area contributed by atoms with Gasteiger partial charge in [-0.3, -0.25) is 4.79 Å². The highest BCUT2D eigenvalue weighted by Crippen LogP contribution is 2.33. The fraction of sp³-hybridized carbons (Fsp3) is 0.227. The van der Waals surface area contributed by atoms with Crippen molar-refractivity contribution < 1.29 is 17.6 Å². The number of hydrogen-bond donors (Lipinski definition) is 1. The van der Waals surface area contributed by atoms with Crippen LogP contribution < -0.4 is 5.32 Å². The number of aryl methyl sites for hydroxylation is 1. The number of rotatable bonds is 4. The van der Waals surface area contributed by atoms with Crippen molar-refractivity contribution in [2.24, 2.45) is 0 Å². The van der Waals surface area contributed by atoms with Crippen molar-refractivity contribution in [2.45, 2.75) is 19.4 Å². The third-order valence-corrected chi connectivity index (χ3v) is 8.15. The SMILES string of the molecule is Cc1nn(C2CCS(=O)(=O)C2)c2nc(-c3cccs3)cc(C(=O)Nc3ccc(F)cc3)c12. The second-order valence-corrected chi connectivity index (χ2v) is 11.0. The molecular formula is C22H19FN4O3S2. The topological polar surface area (TPSA) is 93.9 Å². The molecule has 5 rings (SSSR count). The van der Waals surface area contributed by atoms with Crippen LogP contribution in [0.4, 0.5) is 10.1 Å². The molecule has 1 aromatic carbocycles. The first-order valence-electron chi connectivity index (χ1n) is 10.0. The van der Waals surface area contributed by atoms with E-state index in [-0.39, 0.29) is 23.5 Å². The van der Waals surface area contributed by atoms with E-state index in [1.807, 2.05) is 17.5 Å². The lowest BCUT2D eigenvalue weighted by Gasteiger charge is -2.12. The van der Waals surface area contributed by atoms with Gasteiger partial charge in [0, 0.05) is 5.69 Å². The van der Waals surface area contributed by atoms with Gasteiger partial charge in [-0.25, -0.2) is 22.5 Å². The molecule has 4 aromatic rings. The van der Waals surface area contributed by atoms with Crippen molar-refractivity contribution in [1.29, 1.82) is 0 Å². The van der Waals surface area contributed by atoms with Crippen LogP contribution in [0.5, 0.6) is 0 Å². The van der Waals surface area contributed by atoms with E-state index < -0.39 is 15.7 Å². The molecule has 7 nitrogen and oxygen atoms in total. The van der Waals surface area contributed by atoms with Gasteiger partial charge in [0.05, 0.1) is 44.8 Å². The molecule has 1 unspecified atom stereocenters. The van der Waals surface area contributed by atoms with Crippen LogP contribution >= 0.6 is 11.3 Å². The fourth-order valence-corrected chi connectivity index (χ4v) is 6.38. The van der Waals surface area contributed by atoms with Gasteiger partial charge in [0.15, 0.2) is 15.5 Å². The van der Waals surface area contributed by atoms with Crippen LogP contribution in [0.15, 0.2) is 47.8 Å². The van der Waals surface area contributed by atoms with Crippen molar-refractivity contribution in [3.8, 4) is 10.6 Å². The molecule has 1 saturated heterocycles. The number of benzene rings is 1. The van der Waals surface area contributed by atoms with E-state index in [0.29, 0.717) is 40.1 Å². The molecule has 1 atom stereocenters. The van der Waals surface area contributed by atoms with Gasteiger partial charge in [-0.1, -0.05) is 6.07 Å². The van der Waals surface area contributed by atoms with Crippen molar-refractivity contribution in [1.82, 2.24) is 14.8 Å². The summed E-state index contributed by atoms with van der Waals surface area (Å²) in [6.07, 6.45) is 0.459. The van der Waals surface area contributed by atoms with Gasteiger partial charge in [0.25, 0.3) is 5.91 Å². The third kappa shape index (κ3) is 3.80. The zero-order valence-corrected chi connectivity index (χ0v) is 18.7. The standard InChI is InChI=1S/C22H19FN4O3S2/c1-13-20-17(22(28)24-15-6-4-14(23)5-7-15)11-18(19-3-2-9-31-19)25-21(20)27(26-13)16-8-10-32(29,30)12-16/h2-7,9,11,16H,8,10,12H2,1H3,(H,24,28). The quantitative estimate of drug-likeness (QED) is 0.482. The van der Waals surface area contributed by atoms with E-state index in [1.165, 1.54) is 35.6 Å². The van der Waals surface area contributed by atoms with Gasteiger partial charge in [0.1, 0.15) is 5.82 Å². The Hall–Kier alpha value is -3.11. The Kier molecular flexibility index (Phi) is 5.06. The summed E-state index contributed by atoms with van der Waals surface area (Å²) in [6, 6.07) is 10.7. The molecule has 3 aromatic heterocycles. The molecular weight excluding hydrogens is 451 g/mol. The van der Waals surface area contributed by atoms with Crippen LogP contribution in [0.2, 0.25) is 0 Å². The monoisotopic (exact) mass is 470 g/mol. The predicted molar refractivity (Wildman–Crippen MR) is 122 cm³/mol. The Balaban J connectivity index is 1.66. The second kappa shape index (κ2) is 7.79. The molecule has 1 aliphatic heterocycles. The number of carbonyl (C=O) groups excluding carboxylic acids is 1. The number of nitrogens with one attached hydrogen (secondary N) is 1. The highest BCUT2D eigenvalue weighted by atomic mass is 32.2. The van der Waals surface area contributed by atoms with Gasteiger partial charge in [-0.15, -0.1) is 11.3 Å². The molecule has 32 heavy (non-hydrogen) atoms. The fourth-order valence-electron chi connectivity index (χ4n) is 4.00. The molecule has 1 amide bonds. The van der Waals surface area contributed by atoms with Crippen LogP contribution in [0, 0.1) is 12.7 Å². The average molecular weight is 471 g/mol. The Morgan fingerprint density at radius 3 is 2.69 bits per heavy atom. The maximum atomic E-state index is 13.3. The van der Waals surface area contributed by atoms with Crippen molar-refractivity contribution >= 4 is 43.8 Å². The van der Waals surface area contributed by atoms with E-state index >= 15 is 0 Å². The zero-order chi connectivity index (χ0) is 22.5. The summed E-state index contributed by atoms with van der Waals surface area (Å²) in [6.45, 7) is 1.78. The van der Waals surface area contributed by atoms with Crippen LogP contribution in [-0.4, -0.2) is 40.6 Å². The third-order valence-electron chi connectivity index (χ3n) is 5.51. The number of sulfone groups is 1. The number of hydrogen-bond acceptors (Lipinski definition) is 6. The smallest absolute Gasteiger partial charge is 0.256 e. The summed E-state index contributed by atoms with van der Waals surface area (Å²) in [5.41, 5.74) is 2.54.